The van der Waals surface area contributed by atoms with Gasteiger partial charge >= 0.3 is 5.97 Å². The maximum absolute atomic E-state index is 12.7. The van der Waals surface area contributed by atoms with Crippen molar-refractivity contribution in [3.63, 3.8) is 0 Å². The van der Waals surface area contributed by atoms with E-state index in [-0.39, 0.29) is 34.5 Å². The number of thiophene rings is 1. The summed E-state index contributed by atoms with van der Waals surface area (Å²) in [6.45, 7) is 6.68. The molecule has 0 saturated carbocycles. The fourth-order valence-corrected chi connectivity index (χ4v) is 4.66. The Morgan fingerprint density at radius 1 is 1.16 bits per heavy atom. The number of benzene rings is 1. The van der Waals surface area contributed by atoms with Gasteiger partial charge in [0.15, 0.2) is 0 Å². The maximum atomic E-state index is 12.7. The van der Waals surface area contributed by atoms with Crippen LogP contribution < -0.4 is 16.0 Å². The van der Waals surface area contributed by atoms with Gasteiger partial charge in [0.05, 0.1) is 23.6 Å². The average molecular weight is 465 g/mol. The SMILES string of the molecule is CCOC(=O)c1c(NC(=O)CN2CCN(c3ccc(Cl)cc3)CC2)sc(C(N)=O)c1C. The second-order valence-corrected chi connectivity index (χ2v) is 8.59. The van der Waals surface area contributed by atoms with E-state index in [1.165, 1.54) is 0 Å². The fraction of sp³-hybridized carbons (Fsp3) is 0.381. The molecule has 31 heavy (non-hydrogen) atoms. The van der Waals surface area contributed by atoms with Crippen LogP contribution in [0.1, 0.15) is 32.5 Å². The van der Waals surface area contributed by atoms with E-state index in [4.69, 9.17) is 22.1 Å². The van der Waals surface area contributed by atoms with E-state index in [0.717, 1.165) is 43.2 Å². The zero-order valence-electron chi connectivity index (χ0n) is 17.4. The van der Waals surface area contributed by atoms with Gasteiger partial charge in [-0.2, -0.15) is 0 Å². The number of piperazine rings is 1. The van der Waals surface area contributed by atoms with Crippen molar-refractivity contribution in [3.05, 3.63) is 45.3 Å². The first-order valence-corrected chi connectivity index (χ1v) is 11.1. The van der Waals surface area contributed by atoms with Gasteiger partial charge in [-0.3, -0.25) is 14.5 Å². The summed E-state index contributed by atoms with van der Waals surface area (Å²) in [5, 5.41) is 3.75. The lowest BCUT2D eigenvalue weighted by molar-refractivity contribution is -0.117. The quantitative estimate of drug-likeness (QED) is 0.610. The number of ether oxygens (including phenoxy) is 1. The Morgan fingerprint density at radius 2 is 1.81 bits per heavy atom. The molecule has 166 valence electrons. The number of anilines is 2. The zero-order chi connectivity index (χ0) is 22.5. The number of primary amides is 1. The topological polar surface area (TPSA) is 105 Å². The Hall–Kier alpha value is -2.62. The number of amides is 2. The molecule has 1 aliphatic rings. The van der Waals surface area contributed by atoms with Crippen LogP contribution in [-0.4, -0.2) is 62.0 Å². The number of rotatable bonds is 7. The first kappa shape index (κ1) is 23.1. The van der Waals surface area contributed by atoms with E-state index in [2.05, 4.69) is 10.2 Å². The molecule has 1 aromatic heterocycles. The number of nitrogens with two attached hydrogens (primary N) is 1. The molecule has 0 atom stereocenters. The van der Waals surface area contributed by atoms with E-state index < -0.39 is 11.9 Å². The molecule has 8 nitrogen and oxygen atoms in total. The highest BCUT2D eigenvalue weighted by atomic mass is 35.5. The Kier molecular flexibility index (Phi) is 7.53. The summed E-state index contributed by atoms with van der Waals surface area (Å²) in [4.78, 5) is 41.2. The minimum Gasteiger partial charge on any atom is -0.462 e. The predicted molar refractivity (Wildman–Crippen MR) is 122 cm³/mol. The van der Waals surface area contributed by atoms with Crippen molar-refractivity contribution < 1.29 is 19.1 Å². The third-order valence-electron chi connectivity index (χ3n) is 5.03. The van der Waals surface area contributed by atoms with Crippen molar-refractivity contribution in [1.82, 2.24) is 4.90 Å². The van der Waals surface area contributed by atoms with Crippen LogP contribution >= 0.6 is 22.9 Å². The Labute approximate surface area is 189 Å². The van der Waals surface area contributed by atoms with Crippen LogP contribution in [0.2, 0.25) is 5.02 Å². The van der Waals surface area contributed by atoms with Crippen LogP contribution in [0.25, 0.3) is 0 Å². The number of esters is 1. The molecule has 3 N–H and O–H groups in total. The highest BCUT2D eigenvalue weighted by Gasteiger charge is 2.26. The molecular weight excluding hydrogens is 440 g/mol. The van der Waals surface area contributed by atoms with Gasteiger partial charge in [0.25, 0.3) is 5.91 Å². The molecule has 2 heterocycles. The monoisotopic (exact) mass is 464 g/mol. The van der Waals surface area contributed by atoms with E-state index in [1.54, 1.807) is 13.8 Å². The molecular formula is C21H25ClN4O4S. The lowest BCUT2D eigenvalue weighted by atomic mass is 10.1. The summed E-state index contributed by atoms with van der Waals surface area (Å²) < 4.78 is 5.08. The Bertz CT molecular complexity index is 969. The molecule has 2 amide bonds. The average Bonchev–Trinajstić information content (AvgIpc) is 3.05. The minimum atomic E-state index is -0.646. The first-order valence-electron chi connectivity index (χ1n) is 9.93. The Balaban J connectivity index is 1.62. The molecule has 0 radical (unpaired) electrons. The van der Waals surface area contributed by atoms with Crippen molar-refractivity contribution in [2.75, 3.05) is 49.5 Å². The van der Waals surface area contributed by atoms with Crippen molar-refractivity contribution in [2.24, 2.45) is 5.73 Å². The van der Waals surface area contributed by atoms with Crippen LogP contribution in [0.15, 0.2) is 24.3 Å². The molecule has 0 unspecified atom stereocenters. The van der Waals surface area contributed by atoms with Crippen LogP contribution in [-0.2, 0) is 9.53 Å². The summed E-state index contributed by atoms with van der Waals surface area (Å²) in [5.41, 5.74) is 7.11. The third kappa shape index (κ3) is 5.55. The molecule has 2 aromatic rings. The van der Waals surface area contributed by atoms with Crippen LogP contribution in [0.3, 0.4) is 0 Å². The molecule has 0 spiro atoms. The first-order chi connectivity index (χ1) is 14.8. The standard InChI is InChI=1S/C21H25ClN4O4S/c1-3-30-21(29)17-13(2)18(19(23)28)31-20(17)24-16(27)12-25-8-10-26(11-9-25)15-6-4-14(22)5-7-15/h4-7H,3,8-12H2,1-2H3,(H2,23,28)(H,24,27). The molecule has 1 saturated heterocycles. The number of hydrogen-bond donors (Lipinski definition) is 2. The summed E-state index contributed by atoms with van der Waals surface area (Å²) in [7, 11) is 0. The smallest absolute Gasteiger partial charge is 0.341 e. The molecule has 1 aromatic carbocycles. The van der Waals surface area contributed by atoms with E-state index in [9.17, 15) is 14.4 Å². The van der Waals surface area contributed by atoms with Crippen LogP contribution in [0, 0.1) is 6.92 Å². The van der Waals surface area contributed by atoms with Gasteiger partial charge in [-0.1, -0.05) is 11.6 Å². The lowest BCUT2D eigenvalue weighted by Crippen LogP contribution is -2.48. The second-order valence-electron chi connectivity index (χ2n) is 7.13. The maximum Gasteiger partial charge on any atom is 0.341 e. The van der Waals surface area contributed by atoms with Gasteiger partial charge in [0, 0.05) is 36.9 Å². The zero-order valence-corrected chi connectivity index (χ0v) is 19.0. The molecule has 3 rings (SSSR count). The largest absolute Gasteiger partial charge is 0.462 e. The Morgan fingerprint density at radius 3 is 2.39 bits per heavy atom. The van der Waals surface area contributed by atoms with Crippen molar-refractivity contribution >= 4 is 51.4 Å². The number of halogens is 1. The van der Waals surface area contributed by atoms with Crippen LogP contribution in [0.4, 0.5) is 10.7 Å². The van der Waals surface area contributed by atoms with Gasteiger partial charge in [-0.05, 0) is 43.7 Å². The van der Waals surface area contributed by atoms with Crippen molar-refractivity contribution in [2.45, 2.75) is 13.8 Å². The number of carbonyl (C=O) groups is 3. The molecule has 1 fully saturated rings. The van der Waals surface area contributed by atoms with Gasteiger partial charge in [-0.25, -0.2) is 4.79 Å². The molecule has 1 aliphatic heterocycles. The van der Waals surface area contributed by atoms with Gasteiger partial charge < -0.3 is 20.7 Å². The van der Waals surface area contributed by atoms with E-state index >= 15 is 0 Å². The van der Waals surface area contributed by atoms with E-state index in [0.29, 0.717) is 10.6 Å². The normalized spacial score (nSPS) is 14.4. The summed E-state index contributed by atoms with van der Waals surface area (Å²) >= 11 is 6.94. The van der Waals surface area contributed by atoms with Crippen LogP contribution in [0.5, 0.6) is 0 Å². The summed E-state index contributed by atoms with van der Waals surface area (Å²) in [6, 6.07) is 7.69. The fourth-order valence-electron chi connectivity index (χ4n) is 3.47. The minimum absolute atomic E-state index is 0.180. The van der Waals surface area contributed by atoms with E-state index in [1.807, 2.05) is 29.2 Å². The predicted octanol–water partition coefficient (Wildman–Crippen LogP) is 2.75. The number of hydrogen-bond acceptors (Lipinski definition) is 7. The van der Waals surface area contributed by atoms with Gasteiger partial charge in [-0.15, -0.1) is 11.3 Å². The molecule has 0 bridgehead atoms. The van der Waals surface area contributed by atoms with Crippen molar-refractivity contribution in [3.8, 4) is 0 Å². The summed E-state index contributed by atoms with van der Waals surface area (Å²) in [5.74, 6) is -1.50. The van der Waals surface area contributed by atoms with Crippen molar-refractivity contribution in [1.29, 1.82) is 0 Å². The highest BCUT2D eigenvalue weighted by Crippen LogP contribution is 2.33. The number of carbonyl (C=O) groups excluding carboxylic acids is 3. The molecule has 10 heteroatoms. The number of nitrogens with zero attached hydrogens (tertiary/aromatic N) is 2. The lowest BCUT2D eigenvalue weighted by Gasteiger charge is -2.35. The second kappa shape index (κ2) is 10.1. The number of nitrogens with one attached hydrogen (secondary N) is 1. The molecule has 0 aliphatic carbocycles. The van der Waals surface area contributed by atoms with Gasteiger partial charge in [0.2, 0.25) is 5.91 Å². The third-order valence-corrected chi connectivity index (χ3v) is 6.51. The highest BCUT2D eigenvalue weighted by molar-refractivity contribution is 7.18. The summed E-state index contributed by atoms with van der Waals surface area (Å²) in [6.07, 6.45) is 0. The van der Waals surface area contributed by atoms with Gasteiger partial charge in [0.1, 0.15) is 5.00 Å².